The van der Waals surface area contributed by atoms with E-state index in [0.29, 0.717) is 26.2 Å². The third-order valence-electron chi connectivity index (χ3n) is 14.7. The number of carboxylic acid groups (broad SMARTS) is 1. The highest BCUT2D eigenvalue weighted by molar-refractivity contribution is 7.91. The maximum absolute atomic E-state index is 13.4. The number of carbonyl (C=O) groups is 4. The number of hydrogen-bond donors (Lipinski definition) is 1. The van der Waals surface area contributed by atoms with Crippen LogP contribution in [0.2, 0.25) is 0 Å². The zero-order valence-electron chi connectivity index (χ0n) is 37.8. The fourth-order valence-electron chi connectivity index (χ4n) is 11.1. The first-order valence-corrected chi connectivity index (χ1v) is 24.1. The molecule has 3 heterocycles. The molecular formula is C46H70ClN7O7S. The highest BCUT2D eigenvalue weighted by Crippen LogP contribution is 2.50. The van der Waals surface area contributed by atoms with Crippen molar-refractivity contribution in [3.8, 4) is 0 Å². The number of nitrogens with zero attached hydrogens (tertiary/aromatic N) is 7. The molecule has 0 unspecified atom stereocenters. The van der Waals surface area contributed by atoms with E-state index in [9.17, 15) is 32.7 Å². The van der Waals surface area contributed by atoms with Gasteiger partial charge in [-0.1, -0.05) is 74.5 Å². The van der Waals surface area contributed by atoms with Crippen LogP contribution in [0.1, 0.15) is 89.2 Å². The van der Waals surface area contributed by atoms with Gasteiger partial charge in [-0.15, -0.1) is 12.4 Å². The quantitative estimate of drug-likeness (QED) is 0.289. The van der Waals surface area contributed by atoms with Crippen molar-refractivity contribution in [3.05, 3.63) is 71.8 Å². The molecule has 1 N–H and O–H groups in total. The minimum Gasteiger partial charge on any atom is -0.480 e. The van der Waals surface area contributed by atoms with Crippen LogP contribution in [0.25, 0.3) is 0 Å². The number of carboxylic acids is 1. The molecule has 5 aliphatic rings. The van der Waals surface area contributed by atoms with Crippen LogP contribution in [0, 0.1) is 0 Å². The van der Waals surface area contributed by atoms with E-state index in [1.54, 1.807) is 9.80 Å². The second-order valence-corrected chi connectivity index (χ2v) is 20.8. The summed E-state index contributed by atoms with van der Waals surface area (Å²) in [5, 5.41) is 9.18. The van der Waals surface area contributed by atoms with E-state index in [-0.39, 0.29) is 90.2 Å². The van der Waals surface area contributed by atoms with Gasteiger partial charge in [0, 0.05) is 50.3 Å². The molecule has 16 heteroatoms. The molecule has 2 aromatic carbocycles. The van der Waals surface area contributed by atoms with E-state index < -0.39 is 15.8 Å². The number of benzene rings is 2. The Balaban J connectivity index is 0.000000236. The van der Waals surface area contributed by atoms with Crippen molar-refractivity contribution in [1.29, 1.82) is 0 Å². The first-order valence-electron chi connectivity index (χ1n) is 22.3. The Morgan fingerprint density at radius 2 is 1.00 bits per heavy atom. The molecule has 3 aliphatic heterocycles. The molecule has 7 rings (SSSR count). The van der Waals surface area contributed by atoms with Crippen LogP contribution in [0.5, 0.6) is 0 Å². The molecule has 14 nitrogen and oxygen atoms in total. The predicted molar refractivity (Wildman–Crippen MR) is 244 cm³/mol. The number of carbonyl (C=O) groups excluding carboxylic acids is 3. The average molecular weight is 901 g/mol. The molecule has 3 saturated heterocycles. The van der Waals surface area contributed by atoms with Gasteiger partial charge in [-0.25, -0.2) is 18.0 Å². The number of aliphatic carboxylic acids is 1. The highest BCUT2D eigenvalue weighted by Gasteiger charge is 2.56. The number of urea groups is 2. The van der Waals surface area contributed by atoms with Gasteiger partial charge in [0.2, 0.25) is 5.91 Å². The van der Waals surface area contributed by atoms with E-state index in [1.807, 2.05) is 21.9 Å². The summed E-state index contributed by atoms with van der Waals surface area (Å²) >= 11 is 0. The lowest BCUT2D eigenvalue weighted by Gasteiger charge is -2.51. The van der Waals surface area contributed by atoms with Crippen LogP contribution >= 0.6 is 12.4 Å². The normalized spacial score (nSPS) is 28.4. The zero-order valence-corrected chi connectivity index (χ0v) is 39.4. The van der Waals surface area contributed by atoms with Crippen molar-refractivity contribution >= 4 is 46.2 Å². The van der Waals surface area contributed by atoms with E-state index >= 15 is 0 Å². The van der Waals surface area contributed by atoms with Crippen LogP contribution in [0.3, 0.4) is 0 Å². The standard InChI is InChI=1S/C25H38N4O4S.C21H31N3O3.ClH/c1-4-14-29-23(31)28(19-22(30)27-15-17-34(32,33)18-16-27)20-24(29)10-12-25(13-11-24,26(2)3)21-8-6-5-7-9-21;1-4-14-24-19(27)23(15-18(25)26)16-20(24)10-12-21(13-11-20,22(2)3)17-8-6-5-7-9-17;/h5-9H,4,10-20H2,1-3H3;5-9H,4,10-16H2,1-3H3,(H,25,26);1H. The molecule has 2 aliphatic carbocycles. The number of hydrogen-bond acceptors (Lipinski definition) is 8. The number of halogens is 1. The van der Waals surface area contributed by atoms with Crippen molar-refractivity contribution in [2.75, 3.05) is 92.1 Å². The van der Waals surface area contributed by atoms with Gasteiger partial charge >= 0.3 is 18.0 Å². The van der Waals surface area contributed by atoms with Crippen molar-refractivity contribution in [2.45, 2.75) is 100 Å². The Hall–Kier alpha value is -3.92. The minimum atomic E-state index is -3.05. The summed E-state index contributed by atoms with van der Waals surface area (Å²) in [6.07, 6.45) is 9.12. The van der Waals surface area contributed by atoms with E-state index in [2.05, 4.69) is 100 Å². The molecule has 5 fully saturated rings. The van der Waals surface area contributed by atoms with Gasteiger partial charge in [-0.3, -0.25) is 19.4 Å². The summed E-state index contributed by atoms with van der Waals surface area (Å²) in [5.41, 5.74) is 2.04. The average Bonchev–Trinajstić information content (AvgIpc) is 3.63. The molecule has 0 radical (unpaired) electrons. The molecule has 5 amide bonds. The third-order valence-corrected chi connectivity index (χ3v) is 16.3. The topological polar surface area (TPSA) is 145 Å². The summed E-state index contributed by atoms with van der Waals surface area (Å²) in [6.45, 7) is 6.86. The van der Waals surface area contributed by atoms with E-state index in [1.165, 1.54) is 16.0 Å². The number of sulfone groups is 1. The largest absolute Gasteiger partial charge is 0.480 e. The molecule has 62 heavy (non-hydrogen) atoms. The van der Waals surface area contributed by atoms with Gasteiger partial charge in [0.1, 0.15) is 13.1 Å². The smallest absolute Gasteiger partial charge is 0.323 e. The summed E-state index contributed by atoms with van der Waals surface area (Å²) in [7, 11) is 5.48. The molecule has 0 atom stereocenters. The van der Waals surface area contributed by atoms with Crippen molar-refractivity contribution < 1.29 is 32.7 Å². The minimum absolute atomic E-state index is 0. The van der Waals surface area contributed by atoms with Crippen LogP contribution in [-0.2, 0) is 30.5 Å². The first kappa shape index (κ1) is 49.1. The number of amides is 5. The lowest BCUT2D eigenvalue weighted by molar-refractivity contribution is -0.137. The number of rotatable bonds is 12. The van der Waals surface area contributed by atoms with Gasteiger partial charge in [0.05, 0.1) is 22.6 Å². The maximum Gasteiger partial charge on any atom is 0.323 e. The molecule has 2 spiro atoms. The molecule has 0 aromatic heterocycles. The zero-order chi connectivity index (χ0) is 44.2. The van der Waals surface area contributed by atoms with Crippen LogP contribution in [-0.4, -0.2) is 175 Å². The van der Waals surface area contributed by atoms with Gasteiger partial charge in [0.15, 0.2) is 9.84 Å². The maximum atomic E-state index is 13.4. The molecular weight excluding hydrogens is 830 g/mol. The van der Waals surface area contributed by atoms with E-state index in [0.717, 1.165) is 64.2 Å². The predicted octanol–water partition coefficient (Wildman–Crippen LogP) is 5.57. The van der Waals surface area contributed by atoms with Gasteiger partial charge < -0.3 is 29.6 Å². The molecule has 344 valence electrons. The Kier molecular flexibility index (Phi) is 15.7. The summed E-state index contributed by atoms with van der Waals surface area (Å²) in [5.74, 6) is -1.09. The van der Waals surface area contributed by atoms with Crippen molar-refractivity contribution in [2.24, 2.45) is 0 Å². The Morgan fingerprint density at radius 3 is 1.34 bits per heavy atom. The van der Waals surface area contributed by atoms with Crippen molar-refractivity contribution in [3.63, 3.8) is 0 Å². The summed E-state index contributed by atoms with van der Waals surface area (Å²) in [4.78, 5) is 63.8. The Morgan fingerprint density at radius 1 is 0.629 bits per heavy atom. The monoisotopic (exact) mass is 899 g/mol. The van der Waals surface area contributed by atoms with Gasteiger partial charge in [-0.05, 0) is 104 Å². The van der Waals surface area contributed by atoms with Crippen LogP contribution < -0.4 is 0 Å². The third kappa shape index (κ3) is 9.75. The van der Waals surface area contributed by atoms with Crippen LogP contribution in [0.15, 0.2) is 60.7 Å². The summed E-state index contributed by atoms with van der Waals surface area (Å²) < 4.78 is 23.4. The second-order valence-electron chi connectivity index (χ2n) is 18.5. The lowest BCUT2D eigenvalue weighted by atomic mass is 9.68. The van der Waals surface area contributed by atoms with Crippen LogP contribution in [0.4, 0.5) is 9.59 Å². The molecule has 0 bridgehead atoms. The van der Waals surface area contributed by atoms with Gasteiger partial charge in [-0.2, -0.15) is 0 Å². The second kappa shape index (κ2) is 19.9. The fraction of sp³-hybridized carbons (Fsp3) is 0.652. The Bertz CT molecular complexity index is 1960. The van der Waals surface area contributed by atoms with Gasteiger partial charge in [0.25, 0.3) is 0 Å². The first-order chi connectivity index (χ1) is 29.0. The molecule has 2 aromatic rings. The van der Waals surface area contributed by atoms with E-state index in [4.69, 9.17) is 0 Å². The fourth-order valence-corrected chi connectivity index (χ4v) is 12.3. The Labute approximate surface area is 375 Å². The SMILES string of the molecule is CCCN1C(=O)N(CC(=O)N2CCS(=O)(=O)CC2)CC12CCC(c1ccccc1)(N(C)C)CC2.CCCN1C(=O)N(CC(=O)O)CC12CCC(c1ccccc1)(N(C)C)CC2.Cl. The highest BCUT2D eigenvalue weighted by atomic mass is 35.5. The molecule has 2 saturated carbocycles. The van der Waals surface area contributed by atoms with Crippen molar-refractivity contribution in [1.82, 2.24) is 34.3 Å². The lowest BCUT2D eigenvalue weighted by Crippen LogP contribution is -2.55. The summed E-state index contributed by atoms with van der Waals surface area (Å²) in [6, 6.07) is 21.0.